The number of carboxylic acids is 1. The van der Waals surface area contributed by atoms with Crippen molar-refractivity contribution in [3.63, 3.8) is 0 Å². The van der Waals surface area contributed by atoms with Crippen LogP contribution in [0.3, 0.4) is 0 Å². The van der Waals surface area contributed by atoms with E-state index in [-0.39, 0.29) is 62.7 Å². The third-order valence-electron chi connectivity index (χ3n) is 10.6. The number of carbonyl (C=O) groups excluding carboxylic acids is 8. The predicted molar refractivity (Wildman–Crippen MR) is 263 cm³/mol. The Balaban J connectivity index is 1.72. The monoisotopic (exact) mass is 1000 g/mol. The number of hydrogen-bond acceptors (Lipinski definition) is 13. The molecular formula is C48H66N12O12. The first-order valence-electron chi connectivity index (χ1n) is 23.1. The van der Waals surface area contributed by atoms with Gasteiger partial charge in [-0.25, -0.2) is 4.79 Å². The Morgan fingerprint density at radius 2 is 0.986 bits per heavy atom. The van der Waals surface area contributed by atoms with Gasteiger partial charge in [0.2, 0.25) is 47.3 Å². The second-order valence-electron chi connectivity index (χ2n) is 17.1. The minimum atomic E-state index is -1.68. The van der Waals surface area contributed by atoms with Crippen molar-refractivity contribution in [1.29, 1.82) is 0 Å². The third kappa shape index (κ3) is 22.1. The molecule has 0 aromatic heterocycles. The van der Waals surface area contributed by atoms with Crippen LogP contribution in [0.1, 0.15) is 49.8 Å². The van der Waals surface area contributed by atoms with E-state index >= 15 is 0 Å². The first-order valence-corrected chi connectivity index (χ1v) is 23.1. The van der Waals surface area contributed by atoms with E-state index in [0.29, 0.717) is 11.1 Å². The summed E-state index contributed by atoms with van der Waals surface area (Å²) in [6.07, 6.45) is 0.0364. The normalized spacial score (nSPS) is 13.3. The van der Waals surface area contributed by atoms with Gasteiger partial charge in [-0.05, 0) is 60.4 Å². The second kappa shape index (κ2) is 30.5. The lowest BCUT2D eigenvalue weighted by molar-refractivity contribution is -0.142. The van der Waals surface area contributed by atoms with Gasteiger partial charge in [0.15, 0.2) is 5.96 Å². The van der Waals surface area contributed by atoms with Gasteiger partial charge in [0.05, 0.1) is 32.3 Å². The van der Waals surface area contributed by atoms with Crippen molar-refractivity contribution in [3.8, 4) is 5.75 Å². The molecule has 390 valence electrons. The number of carbonyl (C=O) groups is 9. The zero-order chi connectivity index (χ0) is 53.2. The zero-order valence-electron chi connectivity index (χ0n) is 40.1. The molecule has 24 heteroatoms. The number of guanidine groups is 1. The number of aliphatic imine (C=N–C) groups is 1. The number of aromatic hydroxyl groups is 1. The van der Waals surface area contributed by atoms with Crippen LogP contribution in [0.5, 0.6) is 5.75 Å². The SMILES string of the molecule is CC(C)C[C@H](NC(=O)[C@H](Cc1ccccc1)NC(=O)[C@H](CCCN=C(N)N)NC(=O)[C@H](Cc1ccc(O)cc1)NC(=O)[C@H](CO)NC(=O)CNC(=O)CNC(=O)CNC(=O)[C@@H](N)Cc1ccccc1)C(=O)O. The highest BCUT2D eigenvalue weighted by Gasteiger charge is 2.33. The minimum absolute atomic E-state index is 0.0250. The number of aliphatic hydroxyl groups is 1. The van der Waals surface area contributed by atoms with Crippen LogP contribution in [0.25, 0.3) is 0 Å². The summed E-state index contributed by atoms with van der Waals surface area (Å²) in [6, 6.07) is 15.1. The maximum atomic E-state index is 14.2. The van der Waals surface area contributed by atoms with E-state index in [1.165, 1.54) is 24.3 Å². The second-order valence-corrected chi connectivity index (χ2v) is 17.1. The molecule has 0 saturated heterocycles. The van der Waals surface area contributed by atoms with Gasteiger partial charge < -0.3 is 75.1 Å². The Hall–Kier alpha value is -8.12. The Morgan fingerprint density at radius 3 is 1.49 bits per heavy atom. The van der Waals surface area contributed by atoms with Gasteiger partial charge >= 0.3 is 5.97 Å². The number of nitrogens with two attached hydrogens (primary N) is 3. The van der Waals surface area contributed by atoms with Crippen LogP contribution in [0.4, 0.5) is 0 Å². The molecule has 0 aliphatic carbocycles. The quantitative estimate of drug-likeness (QED) is 0.0177. The third-order valence-corrected chi connectivity index (χ3v) is 10.6. The Bertz CT molecular complexity index is 2320. The molecule has 0 heterocycles. The Labute approximate surface area is 416 Å². The summed E-state index contributed by atoms with van der Waals surface area (Å²) < 4.78 is 0. The molecule has 6 atom stereocenters. The first kappa shape index (κ1) is 58.2. The van der Waals surface area contributed by atoms with Crippen LogP contribution in [-0.2, 0) is 62.4 Å². The average Bonchev–Trinajstić information content (AvgIpc) is 3.34. The number of phenols is 1. The van der Waals surface area contributed by atoms with Crippen molar-refractivity contribution >= 4 is 59.2 Å². The number of nitrogens with one attached hydrogen (secondary N) is 8. The molecule has 3 aromatic rings. The number of hydrogen-bond donors (Lipinski definition) is 14. The highest BCUT2D eigenvalue weighted by molar-refractivity contribution is 5.97. The standard InChI is InChI=1S/C48H66N12O12/c1-28(2)20-37(47(71)72)60-45(69)35(22-30-12-7-4-8-13-30)58-43(67)34(14-9-19-52-48(50)51)57-44(68)36(23-31-15-17-32(62)18-16-31)59-46(70)38(27-61)56-41(65)26-54-39(63)24-53-40(64)25-55-42(66)33(49)21-29-10-5-3-6-11-29/h3-8,10-13,15-18,28,33-38,61-62H,9,14,19-27,49H2,1-2H3,(H,53,64)(H,54,63)(H,55,66)(H,56,65)(H,57,68)(H,58,67)(H,59,70)(H,60,69)(H,71,72)(H4,50,51,52)/t33-,34-,35-,36-,37-,38-/m0/s1. The van der Waals surface area contributed by atoms with Gasteiger partial charge in [-0.3, -0.25) is 43.3 Å². The number of carboxylic acid groups (broad SMARTS) is 1. The largest absolute Gasteiger partial charge is 0.508 e. The van der Waals surface area contributed by atoms with Gasteiger partial charge in [-0.1, -0.05) is 86.6 Å². The summed E-state index contributed by atoms with van der Waals surface area (Å²) in [7, 11) is 0. The Morgan fingerprint density at radius 1 is 0.542 bits per heavy atom. The molecule has 0 aliphatic heterocycles. The summed E-state index contributed by atoms with van der Waals surface area (Å²) in [5.41, 5.74) is 18.8. The molecule has 0 unspecified atom stereocenters. The molecule has 3 rings (SSSR count). The van der Waals surface area contributed by atoms with Gasteiger partial charge in [-0.2, -0.15) is 0 Å². The summed E-state index contributed by atoms with van der Waals surface area (Å²) in [4.78, 5) is 122. The summed E-state index contributed by atoms with van der Waals surface area (Å²) in [6.45, 7) is 0.834. The number of phenolic OH excluding ortho intramolecular Hbond substituents is 1. The van der Waals surface area contributed by atoms with E-state index in [0.717, 1.165) is 5.56 Å². The summed E-state index contributed by atoms with van der Waals surface area (Å²) >= 11 is 0. The summed E-state index contributed by atoms with van der Waals surface area (Å²) in [5.74, 6) is -8.45. The van der Waals surface area contributed by atoms with E-state index in [4.69, 9.17) is 17.2 Å². The van der Waals surface area contributed by atoms with Gasteiger partial charge in [0, 0.05) is 19.4 Å². The van der Waals surface area contributed by atoms with Crippen LogP contribution in [-0.4, -0.2) is 144 Å². The summed E-state index contributed by atoms with van der Waals surface area (Å²) in [5, 5.41) is 49.3. The molecule has 0 spiro atoms. The molecule has 0 fully saturated rings. The molecular weight excluding hydrogens is 937 g/mol. The van der Waals surface area contributed by atoms with Crippen LogP contribution in [0.15, 0.2) is 89.9 Å². The average molecular weight is 1000 g/mol. The van der Waals surface area contributed by atoms with E-state index < -0.39 is 116 Å². The van der Waals surface area contributed by atoms with Crippen LogP contribution < -0.4 is 59.7 Å². The lowest BCUT2D eigenvalue weighted by atomic mass is 10.0. The lowest BCUT2D eigenvalue weighted by Crippen LogP contribution is -2.60. The highest BCUT2D eigenvalue weighted by Crippen LogP contribution is 2.13. The fourth-order valence-electron chi connectivity index (χ4n) is 6.87. The van der Waals surface area contributed by atoms with Crippen LogP contribution in [0, 0.1) is 5.92 Å². The van der Waals surface area contributed by atoms with Gasteiger partial charge in [0.1, 0.15) is 36.0 Å². The van der Waals surface area contributed by atoms with E-state index in [9.17, 15) is 58.5 Å². The maximum Gasteiger partial charge on any atom is 0.326 e. The van der Waals surface area contributed by atoms with Gasteiger partial charge in [-0.15, -0.1) is 0 Å². The van der Waals surface area contributed by atoms with Crippen molar-refractivity contribution < 1.29 is 58.5 Å². The van der Waals surface area contributed by atoms with Crippen molar-refractivity contribution in [3.05, 3.63) is 102 Å². The molecule has 0 saturated carbocycles. The van der Waals surface area contributed by atoms with Crippen LogP contribution in [0.2, 0.25) is 0 Å². The zero-order valence-corrected chi connectivity index (χ0v) is 40.1. The van der Waals surface area contributed by atoms with Crippen molar-refractivity contribution in [1.82, 2.24) is 42.5 Å². The number of nitrogens with zero attached hydrogens (tertiary/aromatic N) is 1. The first-order chi connectivity index (χ1) is 34.2. The Kier molecular flexibility index (Phi) is 24.6. The molecule has 17 N–H and O–H groups in total. The number of aliphatic hydroxyl groups excluding tert-OH is 1. The molecule has 0 aliphatic rings. The fourth-order valence-corrected chi connectivity index (χ4v) is 6.87. The lowest BCUT2D eigenvalue weighted by Gasteiger charge is -2.27. The van der Waals surface area contributed by atoms with Crippen LogP contribution >= 0.6 is 0 Å². The molecule has 8 amide bonds. The van der Waals surface area contributed by atoms with E-state index in [2.05, 4.69) is 47.5 Å². The smallest absolute Gasteiger partial charge is 0.326 e. The predicted octanol–water partition coefficient (Wildman–Crippen LogP) is -3.30. The molecule has 0 bridgehead atoms. The molecule has 72 heavy (non-hydrogen) atoms. The number of aliphatic carboxylic acids is 1. The molecule has 24 nitrogen and oxygen atoms in total. The minimum Gasteiger partial charge on any atom is -0.508 e. The van der Waals surface area contributed by atoms with Crippen molar-refractivity contribution in [2.75, 3.05) is 32.8 Å². The fraction of sp³-hybridized carbons (Fsp3) is 0.417. The number of rotatable bonds is 30. The molecule has 3 aromatic carbocycles. The highest BCUT2D eigenvalue weighted by atomic mass is 16.4. The van der Waals surface area contributed by atoms with Crippen molar-refractivity contribution in [2.45, 2.75) is 88.6 Å². The number of amides is 8. The number of benzene rings is 3. The topological polar surface area (TPSA) is 401 Å². The molecule has 0 radical (unpaired) electrons. The van der Waals surface area contributed by atoms with E-state index in [1.54, 1.807) is 68.4 Å². The van der Waals surface area contributed by atoms with Gasteiger partial charge in [0.25, 0.3) is 0 Å². The maximum absolute atomic E-state index is 14.2. The van der Waals surface area contributed by atoms with E-state index in [1.807, 2.05) is 6.07 Å². The van der Waals surface area contributed by atoms with Crippen molar-refractivity contribution in [2.24, 2.45) is 28.1 Å².